The number of rotatable bonds is 5. The van der Waals surface area contributed by atoms with Gasteiger partial charge in [-0.1, -0.05) is 5.16 Å². The van der Waals surface area contributed by atoms with E-state index in [-0.39, 0.29) is 5.91 Å². The average Bonchev–Trinajstić information content (AvgIpc) is 3.20. The number of piperazine rings is 1. The fraction of sp³-hybridized carbons (Fsp3) is 0.533. The van der Waals surface area contributed by atoms with Crippen LogP contribution in [0.25, 0.3) is 0 Å². The highest BCUT2D eigenvalue weighted by atomic mass is 32.2. The van der Waals surface area contributed by atoms with E-state index in [2.05, 4.69) is 15.0 Å². The Morgan fingerprint density at radius 2 is 2.13 bits per heavy atom. The lowest BCUT2D eigenvalue weighted by molar-refractivity contribution is -0.128. The van der Waals surface area contributed by atoms with Crippen molar-refractivity contribution in [3.8, 4) is 0 Å². The maximum absolute atomic E-state index is 12.3. The average molecular weight is 352 g/mol. The molecule has 0 unspecified atom stereocenters. The third-order valence-corrected chi connectivity index (χ3v) is 5.75. The molecule has 1 aliphatic rings. The van der Waals surface area contributed by atoms with E-state index in [0.717, 1.165) is 54.1 Å². The number of nitrogens with zero attached hydrogens (tertiary/aromatic N) is 4. The summed E-state index contributed by atoms with van der Waals surface area (Å²) in [5.74, 6) is 2.33. The van der Waals surface area contributed by atoms with Gasteiger partial charge in [-0.3, -0.25) is 4.79 Å². The molecule has 3 heterocycles. The topological polar surface area (TPSA) is 62.5 Å². The van der Waals surface area contributed by atoms with Crippen molar-refractivity contribution in [1.29, 1.82) is 0 Å². The van der Waals surface area contributed by atoms with Crippen molar-refractivity contribution in [2.24, 2.45) is 0 Å². The quantitative estimate of drug-likeness (QED) is 0.823. The summed E-state index contributed by atoms with van der Waals surface area (Å²) in [4.78, 5) is 20.8. The summed E-state index contributed by atoms with van der Waals surface area (Å²) in [5, 5.41) is 6.97. The SMILES string of the molecule is Cc1noc(C)c1CSCC(=O)N1CCN(c2nccs2)CC1. The van der Waals surface area contributed by atoms with E-state index in [0.29, 0.717) is 5.75 Å². The Hall–Kier alpha value is -1.54. The number of hydrogen-bond donors (Lipinski definition) is 0. The van der Waals surface area contributed by atoms with Crippen molar-refractivity contribution >= 4 is 34.1 Å². The molecule has 2 aromatic rings. The summed E-state index contributed by atoms with van der Waals surface area (Å²) in [6.45, 7) is 7.09. The number of carbonyl (C=O) groups is 1. The molecule has 23 heavy (non-hydrogen) atoms. The lowest BCUT2D eigenvalue weighted by atomic mass is 10.2. The second-order valence-corrected chi connectivity index (χ2v) is 7.34. The smallest absolute Gasteiger partial charge is 0.232 e. The van der Waals surface area contributed by atoms with Crippen molar-refractivity contribution in [1.82, 2.24) is 15.0 Å². The molecule has 0 spiro atoms. The van der Waals surface area contributed by atoms with Crippen molar-refractivity contribution in [2.75, 3.05) is 36.8 Å². The summed E-state index contributed by atoms with van der Waals surface area (Å²) < 4.78 is 5.15. The number of carbonyl (C=O) groups excluding carboxylic acids is 1. The van der Waals surface area contributed by atoms with Crippen LogP contribution in [0.2, 0.25) is 0 Å². The maximum atomic E-state index is 12.3. The van der Waals surface area contributed by atoms with Gasteiger partial charge in [-0.05, 0) is 13.8 Å². The first-order valence-electron chi connectivity index (χ1n) is 7.57. The van der Waals surface area contributed by atoms with Crippen LogP contribution in [0.15, 0.2) is 16.1 Å². The molecule has 0 saturated carbocycles. The number of thioether (sulfide) groups is 1. The van der Waals surface area contributed by atoms with Crippen LogP contribution < -0.4 is 4.90 Å². The lowest BCUT2D eigenvalue weighted by Crippen LogP contribution is -2.49. The van der Waals surface area contributed by atoms with Crippen LogP contribution >= 0.6 is 23.1 Å². The molecular formula is C15H20N4O2S2. The predicted molar refractivity (Wildman–Crippen MR) is 93.0 cm³/mol. The zero-order valence-electron chi connectivity index (χ0n) is 13.3. The summed E-state index contributed by atoms with van der Waals surface area (Å²) in [6, 6.07) is 0. The molecule has 1 saturated heterocycles. The van der Waals surface area contributed by atoms with Gasteiger partial charge in [0, 0.05) is 49.1 Å². The Labute approximate surface area is 143 Å². The Balaban J connectivity index is 1.43. The first-order chi connectivity index (χ1) is 11.1. The predicted octanol–water partition coefficient (Wildman–Crippen LogP) is 2.33. The van der Waals surface area contributed by atoms with Crippen LogP contribution in [-0.4, -0.2) is 52.9 Å². The van der Waals surface area contributed by atoms with Crippen LogP contribution in [0.3, 0.4) is 0 Å². The molecule has 0 radical (unpaired) electrons. The van der Waals surface area contributed by atoms with Gasteiger partial charge in [-0.15, -0.1) is 23.1 Å². The minimum Gasteiger partial charge on any atom is -0.361 e. The highest BCUT2D eigenvalue weighted by Gasteiger charge is 2.22. The van der Waals surface area contributed by atoms with Gasteiger partial charge in [0.2, 0.25) is 5.91 Å². The number of hydrogen-bond acceptors (Lipinski definition) is 7. The number of thiazole rings is 1. The standard InChI is InChI=1S/C15H20N4O2S2/c1-11-13(12(2)21-17-11)9-22-10-14(20)18-4-6-19(7-5-18)15-16-3-8-23-15/h3,8H,4-7,9-10H2,1-2H3. The molecule has 0 aliphatic carbocycles. The van der Waals surface area contributed by atoms with Gasteiger partial charge in [-0.2, -0.15) is 0 Å². The molecule has 1 aliphatic heterocycles. The van der Waals surface area contributed by atoms with Gasteiger partial charge in [0.05, 0.1) is 11.4 Å². The van der Waals surface area contributed by atoms with Crippen LogP contribution in [0.5, 0.6) is 0 Å². The van der Waals surface area contributed by atoms with Crippen LogP contribution in [-0.2, 0) is 10.5 Å². The minimum atomic E-state index is 0.209. The monoisotopic (exact) mass is 352 g/mol. The molecule has 1 amide bonds. The van der Waals surface area contributed by atoms with Gasteiger partial charge < -0.3 is 14.3 Å². The van der Waals surface area contributed by atoms with E-state index in [9.17, 15) is 4.79 Å². The second-order valence-electron chi connectivity index (χ2n) is 5.48. The van der Waals surface area contributed by atoms with Gasteiger partial charge in [-0.25, -0.2) is 4.98 Å². The normalized spacial score (nSPS) is 15.2. The van der Waals surface area contributed by atoms with Gasteiger partial charge >= 0.3 is 0 Å². The number of anilines is 1. The maximum Gasteiger partial charge on any atom is 0.232 e. The van der Waals surface area contributed by atoms with E-state index in [4.69, 9.17) is 4.52 Å². The van der Waals surface area contributed by atoms with E-state index < -0.39 is 0 Å². The van der Waals surface area contributed by atoms with E-state index >= 15 is 0 Å². The molecule has 1 fully saturated rings. The van der Waals surface area contributed by atoms with Crippen molar-refractivity contribution in [3.05, 3.63) is 28.6 Å². The zero-order chi connectivity index (χ0) is 16.2. The summed E-state index contributed by atoms with van der Waals surface area (Å²) in [5.41, 5.74) is 2.02. The fourth-order valence-corrected chi connectivity index (χ4v) is 4.33. The molecule has 0 N–H and O–H groups in total. The fourth-order valence-electron chi connectivity index (χ4n) is 2.56. The molecule has 0 aromatic carbocycles. The van der Waals surface area contributed by atoms with Gasteiger partial charge in [0.1, 0.15) is 5.76 Å². The molecule has 3 rings (SSSR count). The highest BCUT2D eigenvalue weighted by molar-refractivity contribution is 7.99. The third-order valence-electron chi connectivity index (χ3n) is 3.98. The molecule has 2 aromatic heterocycles. The van der Waals surface area contributed by atoms with Crippen LogP contribution in [0.4, 0.5) is 5.13 Å². The zero-order valence-corrected chi connectivity index (χ0v) is 15.0. The molecule has 8 heteroatoms. The first kappa shape index (κ1) is 16.3. The molecule has 0 bridgehead atoms. The summed E-state index contributed by atoms with van der Waals surface area (Å²) in [7, 11) is 0. The Morgan fingerprint density at radius 3 is 2.74 bits per heavy atom. The Morgan fingerprint density at radius 1 is 1.35 bits per heavy atom. The number of aryl methyl sites for hydroxylation is 2. The van der Waals surface area contributed by atoms with Gasteiger partial charge in [0.15, 0.2) is 5.13 Å². The molecular weight excluding hydrogens is 332 g/mol. The Kier molecular flexibility index (Phi) is 5.22. The minimum absolute atomic E-state index is 0.209. The van der Waals surface area contributed by atoms with Gasteiger partial charge in [0.25, 0.3) is 0 Å². The van der Waals surface area contributed by atoms with Crippen molar-refractivity contribution in [2.45, 2.75) is 19.6 Å². The number of aromatic nitrogens is 2. The third kappa shape index (κ3) is 3.87. The van der Waals surface area contributed by atoms with Crippen molar-refractivity contribution < 1.29 is 9.32 Å². The first-order valence-corrected chi connectivity index (χ1v) is 9.60. The van der Waals surface area contributed by atoms with E-state index in [1.165, 1.54) is 0 Å². The van der Waals surface area contributed by atoms with E-state index in [1.807, 2.05) is 30.3 Å². The summed E-state index contributed by atoms with van der Waals surface area (Å²) >= 11 is 3.27. The largest absolute Gasteiger partial charge is 0.361 e. The van der Waals surface area contributed by atoms with Crippen LogP contribution in [0, 0.1) is 13.8 Å². The lowest BCUT2D eigenvalue weighted by Gasteiger charge is -2.34. The number of amides is 1. The Bertz CT molecular complexity index is 629. The molecule has 0 atom stereocenters. The van der Waals surface area contributed by atoms with Crippen molar-refractivity contribution in [3.63, 3.8) is 0 Å². The van der Waals surface area contributed by atoms with Crippen LogP contribution in [0.1, 0.15) is 17.0 Å². The molecule has 6 nitrogen and oxygen atoms in total. The molecule has 124 valence electrons. The second kappa shape index (κ2) is 7.35. The summed E-state index contributed by atoms with van der Waals surface area (Å²) in [6.07, 6.45) is 1.82. The van der Waals surface area contributed by atoms with E-state index in [1.54, 1.807) is 23.1 Å². The highest BCUT2D eigenvalue weighted by Crippen LogP contribution is 2.21.